The van der Waals surface area contributed by atoms with Crippen molar-refractivity contribution >= 4 is 5.96 Å². The molecule has 1 rings (SSSR count). The normalized spacial score (nSPS) is 20.1. The van der Waals surface area contributed by atoms with Crippen molar-refractivity contribution < 1.29 is 9.84 Å². The van der Waals surface area contributed by atoms with Crippen LogP contribution in [0.5, 0.6) is 0 Å². The van der Waals surface area contributed by atoms with Crippen molar-refractivity contribution in [1.82, 2.24) is 5.32 Å². The lowest BCUT2D eigenvalue weighted by atomic mass is 9.70. The van der Waals surface area contributed by atoms with Gasteiger partial charge in [0, 0.05) is 38.0 Å². The third-order valence-electron chi connectivity index (χ3n) is 3.80. The quantitative estimate of drug-likeness (QED) is 0.396. The zero-order chi connectivity index (χ0) is 14.5. The summed E-state index contributed by atoms with van der Waals surface area (Å²) in [4.78, 5) is 4.33. The van der Waals surface area contributed by atoms with Crippen LogP contribution in [0.15, 0.2) is 17.1 Å². The number of rotatable bonds is 5. The van der Waals surface area contributed by atoms with E-state index in [2.05, 4.69) is 16.9 Å². The second-order valence-electron chi connectivity index (χ2n) is 6.04. The van der Waals surface area contributed by atoms with Crippen molar-refractivity contribution in [2.24, 2.45) is 16.1 Å². The Kier molecular flexibility index (Phi) is 5.38. The SMILES string of the molecule is C=C(C)CNC(N)=NCC(C)(C)C1(O)CCOCC1. The van der Waals surface area contributed by atoms with E-state index in [-0.39, 0.29) is 5.41 Å². The summed E-state index contributed by atoms with van der Waals surface area (Å²) in [6.07, 6.45) is 1.29. The van der Waals surface area contributed by atoms with Crippen molar-refractivity contribution in [3.05, 3.63) is 12.2 Å². The van der Waals surface area contributed by atoms with Gasteiger partial charge in [0.1, 0.15) is 0 Å². The van der Waals surface area contributed by atoms with E-state index < -0.39 is 5.60 Å². The van der Waals surface area contributed by atoms with Gasteiger partial charge in [-0.05, 0) is 6.92 Å². The van der Waals surface area contributed by atoms with Gasteiger partial charge in [-0.2, -0.15) is 0 Å². The van der Waals surface area contributed by atoms with E-state index in [0.29, 0.717) is 45.1 Å². The Morgan fingerprint density at radius 2 is 2.05 bits per heavy atom. The number of hydrogen-bond donors (Lipinski definition) is 3. The molecule has 0 radical (unpaired) electrons. The summed E-state index contributed by atoms with van der Waals surface area (Å²) in [6, 6.07) is 0. The number of aliphatic hydroxyl groups is 1. The van der Waals surface area contributed by atoms with Crippen LogP contribution in [-0.4, -0.2) is 43.0 Å². The molecule has 0 aromatic rings. The Labute approximate surface area is 115 Å². The first-order valence-corrected chi connectivity index (χ1v) is 6.75. The summed E-state index contributed by atoms with van der Waals surface area (Å²) < 4.78 is 5.31. The fraction of sp³-hybridized carbons (Fsp3) is 0.786. The van der Waals surface area contributed by atoms with Crippen LogP contribution in [0.1, 0.15) is 33.6 Å². The summed E-state index contributed by atoms with van der Waals surface area (Å²) in [6.45, 7) is 12.1. The van der Waals surface area contributed by atoms with E-state index in [4.69, 9.17) is 10.5 Å². The molecular formula is C14H27N3O2. The van der Waals surface area contributed by atoms with E-state index in [9.17, 15) is 5.11 Å². The lowest BCUT2D eigenvalue weighted by Gasteiger charge is -2.44. The molecule has 0 aliphatic carbocycles. The molecule has 0 spiro atoms. The van der Waals surface area contributed by atoms with E-state index in [1.54, 1.807) is 0 Å². The minimum atomic E-state index is -0.733. The molecule has 110 valence electrons. The maximum absolute atomic E-state index is 10.7. The molecule has 0 amide bonds. The van der Waals surface area contributed by atoms with Crippen LogP contribution >= 0.6 is 0 Å². The Morgan fingerprint density at radius 3 is 2.58 bits per heavy atom. The van der Waals surface area contributed by atoms with Crippen LogP contribution in [0.25, 0.3) is 0 Å². The molecule has 0 atom stereocenters. The average Bonchev–Trinajstić information content (AvgIpc) is 2.34. The average molecular weight is 269 g/mol. The van der Waals surface area contributed by atoms with E-state index in [1.807, 2.05) is 20.8 Å². The van der Waals surface area contributed by atoms with E-state index >= 15 is 0 Å². The molecule has 0 aromatic heterocycles. The van der Waals surface area contributed by atoms with Crippen molar-refractivity contribution in [3.63, 3.8) is 0 Å². The summed E-state index contributed by atoms with van der Waals surface area (Å²) in [7, 11) is 0. The molecular weight excluding hydrogens is 242 g/mol. The molecule has 0 aromatic carbocycles. The summed E-state index contributed by atoms with van der Waals surface area (Å²) in [5.41, 5.74) is 5.73. The highest BCUT2D eigenvalue weighted by atomic mass is 16.5. The van der Waals surface area contributed by atoms with Gasteiger partial charge in [0.25, 0.3) is 0 Å². The molecule has 1 saturated heterocycles. The molecule has 0 bridgehead atoms. The first-order valence-electron chi connectivity index (χ1n) is 6.75. The highest BCUT2D eigenvalue weighted by Crippen LogP contribution is 2.38. The number of nitrogens with one attached hydrogen (secondary N) is 1. The first kappa shape index (κ1) is 16.0. The molecule has 1 aliphatic heterocycles. The Morgan fingerprint density at radius 1 is 1.47 bits per heavy atom. The first-order chi connectivity index (χ1) is 8.77. The standard InChI is InChI=1S/C14H27N3O2/c1-11(2)9-16-12(15)17-10-13(3,4)14(18)5-7-19-8-6-14/h18H,1,5-10H2,2-4H3,(H3,15,16,17). The fourth-order valence-corrected chi connectivity index (χ4v) is 2.11. The monoisotopic (exact) mass is 269 g/mol. The van der Waals surface area contributed by atoms with Crippen LogP contribution in [0.2, 0.25) is 0 Å². The number of hydrogen-bond acceptors (Lipinski definition) is 3. The molecule has 5 heteroatoms. The lowest BCUT2D eigenvalue weighted by Crippen LogP contribution is -2.50. The topological polar surface area (TPSA) is 79.9 Å². The molecule has 0 unspecified atom stereocenters. The number of guanidine groups is 1. The fourth-order valence-electron chi connectivity index (χ4n) is 2.11. The van der Waals surface area contributed by atoms with Crippen LogP contribution < -0.4 is 11.1 Å². The second kappa shape index (κ2) is 6.39. The predicted octanol–water partition coefficient (Wildman–Crippen LogP) is 1.03. The summed E-state index contributed by atoms with van der Waals surface area (Å²) >= 11 is 0. The van der Waals surface area contributed by atoms with Crippen LogP contribution in [0.3, 0.4) is 0 Å². The number of aliphatic imine (C=N–C) groups is 1. The van der Waals surface area contributed by atoms with Gasteiger partial charge in [0.15, 0.2) is 5.96 Å². The number of nitrogens with two attached hydrogens (primary N) is 1. The maximum atomic E-state index is 10.7. The Bertz CT molecular complexity index is 345. The summed E-state index contributed by atoms with van der Waals surface area (Å²) in [5.74, 6) is 0.395. The van der Waals surface area contributed by atoms with Gasteiger partial charge in [0.05, 0.1) is 12.1 Å². The molecule has 1 heterocycles. The van der Waals surface area contributed by atoms with Crippen LogP contribution in [0, 0.1) is 5.41 Å². The molecule has 1 fully saturated rings. The molecule has 0 saturated carbocycles. The molecule has 19 heavy (non-hydrogen) atoms. The van der Waals surface area contributed by atoms with Gasteiger partial charge in [-0.1, -0.05) is 26.0 Å². The second-order valence-corrected chi connectivity index (χ2v) is 6.04. The zero-order valence-electron chi connectivity index (χ0n) is 12.3. The van der Waals surface area contributed by atoms with Gasteiger partial charge in [-0.25, -0.2) is 0 Å². The minimum absolute atomic E-state index is 0.327. The molecule has 5 nitrogen and oxygen atoms in total. The van der Waals surface area contributed by atoms with Crippen molar-refractivity contribution in [3.8, 4) is 0 Å². The smallest absolute Gasteiger partial charge is 0.188 e. The highest BCUT2D eigenvalue weighted by molar-refractivity contribution is 5.78. The Hall–Kier alpha value is -1.07. The molecule has 1 aliphatic rings. The number of ether oxygens (including phenoxy) is 1. The number of nitrogens with zero attached hydrogens (tertiary/aromatic N) is 1. The zero-order valence-corrected chi connectivity index (χ0v) is 12.3. The van der Waals surface area contributed by atoms with Gasteiger partial charge >= 0.3 is 0 Å². The van der Waals surface area contributed by atoms with Crippen molar-refractivity contribution in [2.45, 2.75) is 39.2 Å². The van der Waals surface area contributed by atoms with Gasteiger partial charge in [-0.3, -0.25) is 4.99 Å². The third-order valence-corrected chi connectivity index (χ3v) is 3.80. The largest absolute Gasteiger partial charge is 0.389 e. The van der Waals surface area contributed by atoms with Crippen molar-refractivity contribution in [2.75, 3.05) is 26.3 Å². The maximum Gasteiger partial charge on any atom is 0.188 e. The predicted molar refractivity (Wildman–Crippen MR) is 78.1 cm³/mol. The summed E-state index contributed by atoms with van der Waals surface area (Å²) in [5, 5.41) is 13.7. The lowest BCUT2D eigenvalue weighted by molar-refractivity contribution is -0.128. The Balaban J connectivity index is 2.57. The minimum Gasteiger partial charge on any atom is -0.389 e. The highest BCUT2D eigenvalue weighted by Gasteiger charge is 2.44. The van der Waals surface area contributed by atoms with Crippen LogP contribution in [-0.2, 0) is 4.74 Å². The third kappa shape index (κ3) is 4.51. The van der Waals surface area contributed by atoms with E-state index in [0.717, 1.165) is 5.57 Å². The molecule has 4 N–H and O–H groups in total. The van der Waals surface area contributed by atoms with Gasteiger partial charge in [-0.15, -0.1) is 0 Å². The van der Waals surface area contributed by atoms with Gasteiger partial charge in [0.2, 0.25) is 0 Å². The van der Waals surface area contributed by atoms with Gasteiger partial charge < -0.3 is 20.9 Å². The van der Waals surface area contributed by atoms with Crippen molar-refractivity contribution in [1.29, 1.82) is 0 Å². The van der Waals surface area contributed by atoms with Crippen LogP contribution in [0.4, 0.5) is 0 Å². The van der Waals surface area contributed by atoms with E-state index in [1.165, 1.54) is 0 Å².